The van der Waals surface area contributed by atoms with Gasteiger partial charge < -0.3 is 14.7 Å². The van der Waals surface area contributed by atoms with E-state index in [9.17, 15) is 4.79 Å². The van der Waals surface area contributed by atoms with Gasteiger partial charge in [-0.25, -0.2) is 4.79 Å². The first-order valence-corrected chi connectivity index (χ1v) is 5.30. The molecule has 1 aromatic rings. The Labute approximate surface area is 101 Å². The van der Waals surface area contributed by atoms with E-state index in [1.54, 1.807) is 20.1 Å². The van der Waals surface area contributed by atoms with Crippen LogP contribution < -0.4 is 9.64 Å². The molecule has 0 aromatic heterocycles. The summed E-state index contributed by atoms with van der Waals surface area (Å²) in [5.41, 5.74) is 1.37. The molecule has 0 saturated carbocycles. The van der Waals surface area contributed by atoms with E-state index < -0.39 is 5.97 Å². The van der Waals surface area contributed by atoms with Crippen molar-refractivity contribution in [3.05, 3.63) is 35.9 Å². The number of carbonyl (C=O) groups is 1. The molecule has 0 unspecified atom stereocenters. The van der Waals surface area contributed by atoms with Gasteiger partial charge in [-0.1, -0.05) is 6.08 Å². The van der Waals surface area contributed by atoms with Crippen LogP contribution in [0.2, 0.25) is 0 Å². The van der Waals surface area contributed by atoms with Crippen molar-refractivity contribution >= 4 is 11.7 Å². The van der Waals surface area contributed by atoms with Crippen molar-refractivity contribution in [3.63, 3.8) is 0 Å². The Hall–Kier alpha value is -1.97. The van der Waals surface area contributed by atoms with Gasteiger partial charge in [-0.15, -0.1) is 0 Å². The van der Waals surface area contributed by atoms with Gasteiger partial charge in [0.15, 0.2) is 0 Å². The lowest BCUT2D eigenvalue weighted by molar-refractivity contribution is -0.132. The van der Waals surface area contributed by atoms with Crippen LogP contribution in [0, 0.1) is 0 Å². The zero-order valence-corrected chi connectivity index (χ0v) is 10.3. The van der Waals surface area contributed by atoms with E-state index in [0.717, 1.165) is 11.4 Å². The molecule has 0 radical (unpaired) electrons. The van der Waals surface area contributed by atoms with Gasteiger partial charge in [0.1, 0.15) is 5.75 Å². The number of rotatable bonds is 5. The Balaban J connectivity index is 2.66. The number of methoxy groups -OCH3 is 1. The topological polar surface area (TPSA) is 49.8 Å². The summed E-state index contributed by atoms with van der Waals surface area (Å²) in [7, 11) is 3.53. The number of ether oxygens (including phenoxy) is 1. The fourth-order valence-electron chi connectivity index (χ4n) is 1.30. The predicted octanol–water partition coefficient (Wildman–Crippen LogP) is 2.16. The molecule has 0 amide bonds. The smallest absolute Gasteiger partial charge is 0.331 e. The van der Waals surface area contributed by atoms with Crippen molar-refractivity contribution in [1.82, 2.24) is 0 Å². The minimum atomic E-state index is -0.881. The lowest BCUT2D eigenvalue weighted by Crippen LogP contribution is -2.17. The van der Waals surface area contributed by atoms with Crippen LogP contribution in [0.4, 0.5) is 5.69 Å². The molecule has 0 aliphatic carbocycles. The van der Waals surface area contributed by atoms with Crippen molar-refractivity contribution in [1.29, 1.82) is 0 Å². The fourth-order valence-corrected chi connectivity index (χ4v) is 1.30. The van der Waals surface area contributed by atoms with Crippen LogP contribution in [0.15, 0.2) is 35.9 Å². The van der Waals surface area contributed by atoms with Gasteiger partial charge in [-0.05, 0) is 31.2 Å². The standard InChI is InChI=1S/C13H17NO3/c1-10(13(15)16)8-9-14(2)11-4-6-12(17-3)7-5-11/h4-8H,9H2,1-3H3,(H,15,16). The highest BCUT2D eigenvalue weighted by molar-refractivity contribution is 5.85. The molecule has 92 valence electrons. The molecule has 0 fully saturated rings. The van der Waals surface area contributed by atoms with Crippen LogP contribution in [-0.2, 0) is 4.79 Å². The number of hydrogen-bond donors (Lipinski definition) is 1. The van der Waals surface area contributed by atoms with E-state index in [-0.39, 0.29) is 0 Å². The van der Waals surface area contributed by atoms with Gasteiger partial charge in [-0.3, -0.25) is 0 Å². The highest BCUT2D eigenvalue weighted by Gasteiger charge is 2.02. The van der Waals surface area contributed by atoms with Gasteiger partial charge >= 0.3 is 5.97 Å². The maximum atomic E-state index is 10.6. The molecule has 1 aromatic carbocycles. The first-order chi connectivity index (χ1) is 8.04. The maximum Gasteiger partial charge on any atom is 0.331 e. The summed E-state index contributed by atoms with van der Waals surface area (Å²) < 4.78 is 5.07. The average Bonchev–Trinajstić information content (AvgIpc) is 2.35. The van der Waals surface area contributed by atoms with E-state index in [2.05, 4.69) is 0 Å². The van der Waals surface area contributed by atoms with E-state index in [0.29, 0.717) is 12.1 Å². The third-order valence-corrected chi connectivity index (χ3v) is 2.52. The quantitative estimate of drug-likeness (QED) is 0.794. The Bertz CT molecular complexity index is 409. The number of hydrogen-bond acceptors (Lipinski definition) is 3. The fraction of sp³-hybridized carbons (Fsp3) is 0.308. The molecular weight excluding hydrogens is 218 g/mol. The molecule has 4 heteroatoms. The van der Waals surface area contributed by atoms with Crippen LogP contribution in [0.3, 0.4) is 0 Å². The highest BCUT2D eigenvalue weighted by Crippen LogP contribution is 2.17. The van der Waals surface area contributed by atoms with Crippen molar-refractivity contribution in [3.8, 4) is 5.75 Å². The third kappa shape index (κ3) is 3.83. The minimum Gasteiger partial charge on any atom is -0.497 e. The largest absolute Gasteiger partial charge is 0.497 e. The first kappa shape index (κ1) is 13.1. The van der Waals surface area contributed by atoms with E-state index in [1.165, 1.54) is 0 Å². The summed E-state index contributed by atoms with van der Waals surface area (Å²) >= 11 is 0. The molecule has 17 heavy (non-hydrogen) atoms. The zero-order valence-electron chi connectivity index (χ0n) is 10.3. The van der Waals surface area contributed by atoms with Crippen molar-refractivity contribution in [2.75, 3.05) is 25.6 Å². The summed E-state index contributed by atoms with van der Waals surface area (Å²) in [6.45, 7) is 2.15. The van der Waals surface area contributed by atoms with Crippen molar-refractivity contribution < 1.29 is 14.6 Å². The predicted molar refractivity (Wildman–Crippen MR) is 67.7 cm³/mol. The van der Waals surface area contributed by atoms with Crippen LogP contribution in [-0.4, -0.2) is 31.8 Å². The van der Waals surface area contributed by atoms with Crippen molar-refractivity contribution in [2.45, 2.75) is 6.92 Å². The van der Waals surface area contributed by atoms with Gasteiger partial charge in [0.2, 0.25) is 0 Å². The zero-order chi connectivity index (χ0) is 12.8. The molecule has 0 atom stereocenters. The molecule has 0 aliphatic heterocycles. The van der Waals surface area contributed by atoms with Crippen LogP contribution in [0.5, 0.6) is 5.75 Å². The second-order valence-electron chi connectivity index (χ2n) is 3.77. The van der Waals surface area contributed by atoms with Gasteiger partial charge in [0, 0.05) is 24.9 Å². The monoisotopic (exact) mass is 235 g/mol. The van der Waals surface area contributed by atoms with E-state index in [1.807, 2.05) is 36.2 Å². The number of carboxylic acid groups (broad SMARTS) is 1. The summed E-state index contributed by atoms with van der Waals surface area (Å²) in [5, 5.41) is 8.73. The minimum absolute atomic E-state index is 0.352. The second-order valence-corrected chi connectivity index (χ2v) is 3.77. The summed E-state index contributed by atoms with van der Waals surface area (Å²) in [4.78, 5) is 12.6. The van der Waals surface area contributed by atoms with Gasteiger partial charge in [0.05, 0.1) is 7.11 Å². The number of aliphatic carboxylic acids is 1. The summed E-state index contributed by atoms with van der Waals surface area (Å²) in [5.74, 6) is -0.0764. The molecule has 0 bridgehead atoms. The highest BCUT2D eigenvalue weighted by atomic mass is 16.5. The third-order valence-electron chi connectivity index (χ3n) is 2.52. The molecule has 0 saturated heterocycles. The van der Waals surface area contributed by atoms with Gasteiger partial charge in [0.25, 0.3) is 0 Å². The Morgan fingerprint density at radius 2 is 2.00 bits per heavy atom. The Morgan fingerprint density at radius 1 is 1.41 bits per heavy atom. The van der Waals surface area contributed by atoms with E-state index in [4.69, 9.17) is 9.84 Å². The van der Waals surface area contributed by atoms with Crippen LogP contribution in [0.1, 0.15) is 6.92 Å². The van der Waals surface area contributed by atoms with E-state index >= 15 is 0 Å². The molecule has 0 aliphatic rings. The second kappa shape index (κ2) is 5.94. The molecule has 4 nitrogen and oxygen atoms in total. The normalized spacial score (nSPS) is 11.1. The first-order valence-electron chi connectivity index (χ1n) is 5.30. The number of benzene rings is 1. The lowest BCUT2D eigenvalue weighted by Gasteiger charge is -2.17. The molecule has 0 heterocycles. The SMILES string of the molecule is COc1ccc(N(C)CC=C(C)C(=O)O)cc1. The van der Waals surface area contributed by atoms with Crippen LogP contribution >= 0.6 is 0 Å². The number of likely N-dealkylation sites (N-methyl/N-ethyl adjacent to an activating group) is 1. The Kier molecular flexibility index (Phi) is 4.57. The van der Waals surface area contributed by atoms with Gasteiger partial charge in [-0.2, -0.15) is 0 Å². The Morgan fingerprint density at radius 3 is 2.47 bits per heavy atom. The summed E-state index contributed by atoms with van der Waals surface area (Å²) in [6.07, 6.45) is 1.69. The lowest BCUT2D eigenvalue weighted by atomic mass is 10.2. The molecular formula is C13H17NO3. The number of anilines is 1. The average molecular weight is 235 g/mol. The number of nitrogens with zero attached hydrogens (tertiary/aromatic N) is 1. The number of carboxylic acids is 1. The van der Waals surface area contributed by atoms with Crippen molar-refractivity contribution in [2.24, 2.45) is 0 Å². The van der Waals surface area contributed by atoms with Crippen LogP contribution in [0.25, 0.3) is 0 Å². The summed E-state index contributed by atoms with van der Waals surface area (Å²) in [6, 6.07) is 7.62. The molecule has 1 N–H and O–H groups in total. The molecule has 0 spiro atoms. The maximum absolute atomic E-state index is 10.6. The molecule has 1 rings (SSSR count).